The van der Waals surface area contributed by atoms with Gasteiger partial charge in [0.1, 0.15) is 0 Å². The maximum Gasteiger partial charge on any atom is 0.340 e. The third-order valence-electron chi connectivity index (χ3n) is 2.85. The second-order valence-corrected chi connectivity index (χ2v) is 12.7. The number of rotatable bonds is 8. The van der Waals surface area contributed by atoms with E-state index in [1.54, 1.807) is 0 Å². The van der Waals surface area contributed by atoms with Crippen LogP contribution in [-0.4, -0.2) is 49.9 Å². The van der Waals surface area contributed by atoms with Gasteiger partial charge in [0.05, 0.1) is 0 Å². The first-order chi connectivity index (χ1) is 9.38. The molecule has 0 heterocycles. The van der Waals surface area contributed by atoms with Gasteiger partial charge < -0.3 is 39.1 Å². The summed E-state index contributed by atoms with van der Waals surface area (Å²) in [6.07, 6.45) is -1.49. The molecule has 0 saturated carbocycles. The van der Waals surface area contributed by atoms with Crippen molar-refractivity contribution in [1.29, 1.82) is 0 Å². The molecule has 16 heteroatoms. The highest BCUT2D eigenvalue weighted by Crippen LogP contribution is 2.65. The lowest BCUT2D eigenvalue weighted by Crippen LogP contribution is -2.21. The zero-order valence-corrected chi connectivity index (χ0v) is 14.7. The Morgan fingerprint density at radius 3 is 1.18 bits per heavy atom. The van der Waals surface area contributed by atoms with Crippen LogP contribution in [0.15, 0.2) is 0 Å². The minimum absolute atomic E-state index is 0.623. The first kappa shape index (κ1) is 22.6. The van der Waals surface area contributed by atoms with E-state index in [2.05, 4.69) is 0 Å². The highest BCUT2D eigenvalue weighted by Gasteiger charge is 2.48. The lowest BCUT2D eigenvalue weighted by atomic mass is 10.1. The summed E-state index contributed by atoms with van der Waals surface area (Å²) < 4.78 is 44.4. The Balaban J connectivity index is 5.31. The summed E-state index contributed by atoms with van der Waals surface area (Å²) in [7, 11) is -20.9. The zero-order valence-electron chi connectivity index (χ0n) is 11.1. The molecule has 134 valence electrons. The molecule has 0 aliphatic heterocycles. The van der Waals surface area contributed by atoms with Crippen molar-refractivity contribution in [3.05, 3.63) is 0 Å². The Labute approximate surface area is 125 Å². The van der Waals surface area contributed by atoms with Gasteiger partial charge >= 0.3 is 30.4 Å². The van der Waals surface area contributed by atoms with E-state index in [4.69, 9.17) is 39.1 Å². The third-order valence-corrected chi connectivity index (χ3v) is 10.9. The monoisotopic (exact) mass is 406 g/mol. The zero-order chi connectivity index (χ0) is 18.1. The molecule has 0 spiro atoms. The Bertz CT molecular complexity index is 518. The first-order valence-corrected chi connectivity index (χ1v) is 12.3. The molecule has 22 heavy (non-hydrogen) atoms. The van der Waals surface area contributed by atoms with Crippen LogP contribution in [0.1, 0.15) is 19.8 Å². The summed E-state index contributed by atoms with van der Waals surface area (Å²) in [4.78, 5) is 71.5. The van der Waals surface area contributed by atoms with Crippen LogP contribution in [0.25, 0.3) is 0 Å². The fourth-order valence-corrected chi connectivity index (χ4v) is 7.68. The summed E-state index contributed by atoms with van der Waals surface area (Å²) in [5.74, 6) is -1.44. The molecule has 1 unspecified atom stereocenters. The van der Waals surface area contributed by atoms with Crippen LogP contribution >= 0.6 is 30.4 Å². The first-order valence-electron chi connectivity index (χ1n) is 5.59. The minimum Gasteiger partial charge on any atom is -0.324 e. The average Bonchev–Trinajstić information content (AvgIpc) is 2.06. The summed E-state index contributed by atoms with van der Waals surface area (Å²) in [5, 5.41) is -4.83. The normalized spacial score (nSPS) is 16.3. The summed E-state index contributed by atoms with van der Waals surface area (Å²) in [6, 6.07) is 0. The fourth-order valence-electron chi connectivity index (χ4n) is 1.95. The Morgan fingerprint density at radius 2 is 0.955 bits per heavy atom. The fraction of sp³-hybridized carbons (Fsp3) is 1.00. The van der Waals surface area contributed by atoms with Crippen molar-refractivity contribution in [3.63, 3.8) is 0 Å². The van der Waals surface area contributed by atoms with Crippen molar-refractivity contribution < 1.29 is 57.4 Å². The minimum atomic E-state index is -5.25. The number of hydrogen-bond donors (Lipinski definition) is 8. The molecule has 1 atom stereocenters. The summed E-state index contributed by atoms with van der Waals surface area (Å²) in [6.45, 7) is 0.999. The van der Waals surface area contributed by atoms with Crippen LogP contribution in [0.5, 0.6) is 0 Å². The van der Waals surface area contributed by atoms with E-state index in [-0.39, 0.29) is 0 Å². The molecule has 0 bridgehead atoms. The molecule has 0 radical (unpaired) electrons. The molecular weight excluding hydrogens is 388 g/mol. The molecule has 0 aliphatic rings. The van der Waals surface area contributed by atoms with Crippen LogP contribution < -0.4 is 0 Å². The van der Waals surface area contributed by atoms with E-state index >= 15 is 0 Å². The highest BCUT2D eigenvalue weighted by molar-refractivity contribution is 7.71. The Kier molecular flexibility index (Phi) is 7.43. The van der Waals surface area contributed by atoms with Crippen LogP contribution in [0.3, 0.4) is 0 Å². The molecule has 8 N–H and O–H groups in total. The van der Waals surface area contributed by atoms with Gasteiger partial charge in [0.25, 0.3) is 0 Å². The summed E-state index contributed by atoms with van der Waals surface area (Å²) >= 11 is 0. The van der Waals surface area contributed by atoms with Crippen molar-refractivity contribution in [1.82, 2.24) is 0 Å². The van der Waals surface area contributed by atoms with E-state index in [0.717, 1.165) is 6.92 Å². The molecular formula is C6H18O12P4. The smallest absolute Gasteiger partial charge is 0.324 e. The second-order valence-electron chi connectivity index (χ2n) is 4.81. The largest absolute Gasteiger partial charge is 0.340 e. The standard InChI is InChI=1S/C6H18O12P4/c1-4(6(21(13,14)15)22(16,17)18)2-3-5(19(7,8)9)20(10,11)12/h4-6H,2-3H2,1H3,(H2,7,8,9)(H2,10,11,12)(H2,13,14,15)(H2,16,17,18). The van der Waals surface area contributed by atoms with Gasteiger partial charge in [-0.1, -0.05) is 6.92 Å². The predicted octanol–water partition coefficient (Wildman–Crippen LogP) is -0.234. The molecule has 0 aromatic heterocycles. The van der Waals surface area contributed by atoms with Crippen molar-refractivity contribution in [2.24, 2.45) is 5.92 Å². The van der Waals surface area contributed by atoms with Crippen molar-refractivity contribution >= 4 is 30.4 Å². The van der Waals surface area contributed by atoms with E-state index in [1.165, 1.54) is 0 Å². The molecule has 12 nitrogen and oxygen atoms in total. The third kappa shape index (κ3) is 7.01. The van der Waals surface area contributed by atoms with Gasteiger partial charge in [-0.25, -0.2) is 0 Å². The molecule has 0 rings (SSSR count). The van der Waals surface area contributed by atoms with E-state index in [0.29, 0.717) is 0 Å². The van der Waals surface area contributed by atoms with Gasteiger partial charge in [0.15, 0.2) is 10.8 Å². The van der Waals surface area contributed by atoms with Gasteiger partial charge in [-0.15, -0.1) is 0 Å². The van der Waals surface area contributed by atoms with Gasteiger partial charge in [-0.3, -0.25) is 18.3 Å². The predicted molar refractivity (Wildman–Crippen MR) is 74.2 cm³/mol. The van der Waals surface area contributed by atoms with E-state index in [1.807, 2.05) is 0 Å². The maximum absolute atomic E-state index is 11.2. The van der Waals surface area contributed by atoms with Gasteiger partial charge in [0, 0.05) is 0 Å². The van der Waals surface area contributed by atoms with Crippen molar-refractivity contribution in [2.45, 2.75) is 30.6 Å². The molecule has 0 saturated heterocycles. The van der Waals surface area contributed by atoms with Crippen molar-refractivity contribution in [3.8, 4) is 0 Å². The molecule has 0 aromatic rings. The molecule has 0 aromatic carbocycles. The van der Waals surface area contributed by atoms with E-state index in [9.17, 15) is 18.3 Å². The highest BCUT2D eigenvalue weighted by atomic mass is 31.2. The van der Waals surface area contributed by atoms with Gasteiger partial charge in [-0.05, 0) is 18.8 Å². The maximum atomic E-state index is 11.2. The molecule has 0 amide bonds. The second kappa shape index (κ2) is 7.23. The van der Waals surface area contributed by atoms with E-state index < -0.39 is 59.9 Å². The van der Waals surface area contributed by atoms with Gasteiger partial charge in [0.2, 0.25) is 0 Å². The molecule has 0 fully saturated rings. The Morgan fingerprint density at radius 1 is 0.636 bits per heavy atom. The SMILES string of the molecule is CC(CCC(P(=O)(O)O)P(=O)(O)O)C(P(=O)(O)O)P(=O)(O)O. The Hall–Kier alpha value is 0.600. The van der Waals surface area contributed by atoms with Crippen LogP contribution in [0.2, 0.25) is 0 Å². The van der Waals surface area contributed by atoms with Crippen LogP contribution in [-0.2, 0) is 18.3 Å². The average molecular weight is 406 g/mol. The van der Waals surface area contributed by atoms with Gasteiger partial charge in [-0.2, -0.15) is 0 Å². The topological polar surface area (TPSA) is 230 Å². The summed E-state index contributed by atoms with van der Waals surface area (Å²) in [5.41, 5.74) is 0. The number of hydrogen-bond acceptors (Lipinski definition) is 4. The van der Waals surface area contributed by atoms with Crippen LogP contribution in [0, 0.1) is 5.92 Å². The molecule has 0 aliphatic carbocycles. The van der Waals surface area contributed by atoms with Crippen molar-refractivity contribution in [2.75, 3.05) is 0 Å². The van der Waals surface area contributed by atoms with Crippen LogP contribution in [0.4, 0.5) is 0 Å². The lowest BCUT2D eigenvalue weighted by molar-refractivity contribution is 0.312. The lowest BCUT2D eigenvalue weighted by Gasteiger charge is -2.27. The quantitative estimate of drug-likeness (QED) is 0.244.